The molecule has 1 N–H and O–H groups in total. The first-order valence-electron chi connectivity index (χ1n) is 17.4. The van der Waals surface area contributed by atoms with Crippen LogP contribution in [0, 0.1) is 35.0 Å². The number of fused-ring (bicyclic) bond motifs is 2. The minimum Gasteiger partial charge on any atom is -0.403 e. The molecule has 0 heterocycles. The Morgan fingerprint density at radius 2 is 1.55 bits per heavy atom. The Kier molecular flexibility index (Phi) is 10.00. The zero-order valence-electron chi connectivity index (χ0n) is 28.8. The predicted molar refractivity (Wildman–Crippen MR) is 190 cm³/mol. The standard InChI is InChI=1S/C41H58O2Si/c1-29(2)35-25-26-41(8)38(35)24-21-32(37-23-20-31(4)36(37)22-19-30(3)27-39(41)42)28-43-44(40(5,6)7,33-15-11-9-12-16-33)34-17-13-10-14-18-34/h9-18,21,23,27,29,31,35-36,38-39,42H,19-20,22,24-26,28H2,1-8H3/b30-27+,32-21+/t31-,35+,36-,38-,39-,41-/m0/s1. The van der Waals surface area contributed by atoms with Gasteiger partial charge in [0.25, 0.3) is 8.32 Å². The number of allylic oxidation sites excluding steroid dienone is 3. The molecule has 44 heavy (non-hydrogen) atoms. The fourth-order valence-electron chi connectivity index (χ4n) is 9.11. The zero-order valence-corrected chi connectivity index (χ0v) is 29.8. The van der Waals surface area contributed by atoms with E-state index in [1.54, 1.807) is 0 Å². The van der Waals surface area contributed by atoms with Crippen molar-refractivity contribution in [1.29, 1.82) is 0 Å². The van der Waals surface area contributed by atoms with Gasteiger partial charge in [-0.1, -0.05) is 133 Å². The molecule has 3 heteroatoms. The first kappa shape index (κ1) is 33.2. The van der Waals surface area contributed by atoms with Crippen LogP contribution in [0.5, 0.6) is 0 Å². The Hall–Kier alpha value is -2.20. The highest BCUT2D eigenvalue weighted by atomic mass is 28.4. The average Bonchev–Trinajstić information content (AvgIpc) is 3.53. The van der Waals surface area contributed by atoms with Gasteiger partial charge in [0.1, 0.15) is 0 Å². The summed E-state index contributed by atoms with van der Waals surface area (Å²) < 4.78 is 7.60. The maximum absolute atomic E-state index is 11.7. The Morgan fingerprint density at radius 1 is 0.932 bits per heavy atom. The molecule has 0 aromatic heterocycles. The summed E-state index contributed by atoms with van der Waals surface area (Å²) in [4.78, 5) is 0. The van der Waals surface area contributed by atoms with E-state index < -0.39 is 14.4 Å². The van der Waals surface area contributed by atoms with Gasteiger partial charge in [-0.3, -0.25) is 0 Å². The Labute approximate surface area is 269 Å². The second-order valence-corrected chi connectivity index (χ2v) is 20.3. The summed E-state index contributed by atoms with van der Waals surface area (Å²) in [7, 11) is -2.68. The van der Waals surface area contributed by atoms with Gasteiger partial charge in [0, 0.05) is 5.41 Å². The molecule has 2 aromatic rings. The molecule has 0 bridgehead atoms. The maximum atomic E-state index is 11.7. The molecule has 3 aliphatic rings. The van der Waals surface area contributed by atoms with Crippen molar-refractivity contribution in [1.82, 2.24) is 0 Å². The largest absolute Gasteiger partial charge is 0.403 e. The minimum absolute atomic E-state index is 0.0584. The minimum atomic E-state index is -2.68. The highest BCUT2D eigenvalue weighted by molar-refractivity contribution is 6.99. The van der Waals surface area contributed by atoms with E-state index >= 15 is 0 Å². The van der Waals surface area contributed by atoms with E-state index in [1.165, 1.54) is 33.5 Å². The highest BCUT2D eigenvalue weighted by Gasteiger charge is 2.51. The van der Waals surface area contributed by atoms with E-state index in [9.17, 15) is 5.11 Å². The molecular weight excluding hydrogens is 553 g/mol. The molecule has 0 amide bonds. The molecule has 6 atom stereocenters. The van der Waals surface area contributed by atoms with Gasteiger partial charge in [-0.05, 0) is 102 Å². The second-order valence-electron chi connectivity index (χ2n) is 16.0. The van der Waals surface area contributed by atoms with Crippen molar-refractivity contribution in [3.63, 3.8) is 0 Å². The summed E-state index contributed by atoms with van der Waals surface area (Å²) in [6.45, 7) is 19.6. The first-order chi connectivity index (χ1) is 20.9. The molecule has 0 spiro atoms. The van der Waals surface area contributed by atoms with Gasteiger partial charge in [-0.25, -0.2) is 0 Å². The van der Waals surface area contributed by atoms with Crippen molar-refractivity contribution in [2.24, 2.45) is 35.0 Å². The Morgan fingerprint density at radius 3 is 2.11 bits per heavy atom. The van der Waals surface area contributed by atoms with Gasteiger partial charge >= 0.3 is 0 Å². The highest BCUT2D eigenvalue weighted by Crippen LogP contribution is 2.54. The summed E-state index contributed by atoms with van der Waals surface area (Å²) in [6.07, 6.45) is 13.6. The number of aliphatic hydroxyl groups excluding tert-OH is 1. The molecule has 1 fully saturated rings. The lowest BCUT2D eigenvalue weighted by atomic mass is 9.68. The van der Waals surface area contributed by atoms with Crippen LogP contribution in [0.25, 0.3) is 0 Å². The van der Waals surface area contributed by atoms with Gasteiger partial charge < -0.3 is 9.53 Å². The molecule has 238 valence electrons. The molecule has 0 aliphatic heterocycles. The SMILES string of the molecule is C/C1=C\[C@H](O)[C@@]2(C)CC[C@H](C(C)C)[C@@H]2C/C=C(\CO[Si](c2ccccc2)(c2ccccc2)C(C)(C)C)C2=CC[C@H](C)[C@@H]2CC1. The number of aliphatic hydroxyl groups is 1. The number of rotatable bonds is 6. The quantitative estimate of drug-likeness (QED) is 0.261. The fraction of sp³-hybridized carbons (Fsp3) is 0.561. The van der Waals surface area contributed by atoms with Gasteiger partial charge in [0.2, 0.25) is 0 Å². The van der Waals surface area contributed by atoms with Gasteiger partial charge in [-0.15, -0.1) is 0 Å². The number of benzene rings is 2. The summed E-state index contributed by atoms with van der Waals surface area (Å²) in [5.74, 6) is 2.83. The van der Waals surface area contributed by atoms with Crippen LogP contribution in [-0.4, -0.2) is 26.1 Å². The zero-order chi connectivity index (χ0) is 31.7. The number of hydrogen-bond acceptors (Lipinski definition) is 2. The van der Waals surface area contributed by atoms with Crippen LogP contribution >= 0.6 is 0 Å². The van der Waals surface area contributed by atoms with Gasteiger partial charge in [0.15, 0.2) is 0 Å². The van der Waals surface area contributed by atoms with Crippen LogP contribution in [0.2, 0.25) is 5.04 Å². The van der Waals surface area contributed by atoms with Crippen molar-refractivity contribution in [2.45, 2.75) is 105 Å². The third-order valence-corrected chi connectivity index (χ3v) is 16.8. The first-order valence-corrected chi connectivity index (χ1v) is 19.3. The van der Waals surface area contributed by atoms with Crippen LogP contribution in [0.1, 0.15) is 93.9 Å². The van der Waals surface area contributed by atoms with Crippen molar-refractivity contribution in [3.05, 3.63) is 95.6 Å². The van der Waals surface area contributed by atoms with Crippen molar-refractivity contribution < 1.29 is 9.53 Å². The lowest BCUT2D eigenvalue weighted by Gasteiger charge is -2.43. The van der Waals surface area contributed by atoms with E-state index in [1.807, 2.05) is 0 Å². The van der Waals surface area contributed by atoms with Crippen molar-refractivity contribution in [2.75, 3.05) is 6.61 Å². The molecule has 0 unspecified atom stereocenters. The normalized spacial score (nSPS) is 32.4. The maximum Gasteiger partial charge on any atom is 0.261 e. The number of hydrogen-bond donors (Lipinski definition) is 1. The van der Waals surface area contributed by atoms with E-state index in [-0.39, 0.29) is 10.5 Å². The van der Waals surface area contributed by atoms with Crippen LogP contribution in [0.15, 0.2) is 95.6 Å². The summed E-state index contributed by atoms with van der Waals surface area (Å²) >= 11 is 0. The summed E-state index contributed by atoms with van der Waals surface area (Å²) in [5, 5.41) is 14.3. The summed E-state index contributed by atoms with van der Waals surface area (Å²) in [6, 6.07) is 22.1. The summed E-state index contributed by atoms with van der Waals surface area (Å²) in [5.41, 5.74) is 4.18. The lowest BCUT2D eigenvalue weighted by Crippen LogP contribution is -2.66. The molecule has 2 nitrogen and oxygen atoms in total. The lowest BCUT2D eigenvalue weighted by molar-refractivity contribution is 0.0286. The molecular formula is C41H58O2Si. The molecule has 5 rings (SSSR count). The van der Waals surface area contributed by atoms with Crippen LogP contribution in [0.3, 0.4) is 0 Å². The third kappa shape index (κ3) is 6.26. The third-order valence-electron chi connectivity index (χ3n) is 11.9. The van der Waals surface area contributed by atoms with Crippen LogP contribution in [0.4, 0.5) is 0 Å². The van der Waals surface area contributed by atoms with E-state index in [4.69, 9.17) is 4.43 Å². The predicted octanol–water partition coefficient (Wildman–Crippen LogP) is 9.25. The van der Waals surface area contributed by atoms with Crippen LogP contribution in [-0.2, 0) is 4.43 Å². The fourth-order valence-corrected chi connectivity index (χ4v) is 13.6. The monoisotopic (exact) mass is 610 g/mol. The Bertz CT molecular complexity index is 1310. The van der Waals surface area contributed by atoms with Crippen molar-refractivity contribution in [3.8, 4) is 0 Å². The molecule has 0 radical (unpaired) electrons. The molecule has 1 saturated carbocycles. The molecule has 2 aromatic carbocycles. The Balaban J connectivity index is 1.61. The van der Waals surface area contributed by atoms with E-state index in [0.717, 1.165) is 32.1 Å². The average molecular weight is 611 g/mol. The van der Waals surface area contributed by atoms with Crippen molar-refractivity contribution >= 4 is 18.7 Å². The second kappa shape index (κ2) is 13.3. The van der Waals surface area contributed by atoms with Gasteiger partial charge in [-0.2, -0.15) is 0 Å². The van der Waals surface area contributed by atoms with Crippen LogP contribution < -0.4 is 10.4 Å². The van der Waals surface area contributed by atoms with E-state index in [0.29, 0.717) is 36.2 Å². The van der Waals surface area contributed by atoms with Gasteiger partial charge in [0.05, 0.1) is 12.7 Å². The topological polar surface area (TPSA) is 29.5 Å². The van der Waals surface area contributed by atoms with E-state index in [2.05, 4.69) is 134 Å². The molecule has 3 aliphatic carbocycles. The molecule has 0 saturated heterocycles. The smallest absolute Gasteiger partial charge is 0.261 e.